The smallest absolute Gasteiger partial charge is 0.307 e. The van der Waals surface area contributed by atoms with Crippen LogP contribution >= 0.6 is 15.9 Å². The lowest BCUT2D eigenvalue weighted by Gasteiger charge is -2.28. The monoisotopic (exact) mass is 353 g/mol. The number of carbonyl (C=O) groups is 2. The molecule has 1 aromatic rings. The number of carbonyl (C=O) groups excluding carboxylic acids is 1. The van der Waals surface area contributed by atoms with Gasteiger partial charge in [0, 0.05) is 4.47 Å². The Hall–Kier alpha value is -1.36. The minimum absolute atomic E-state index is 0.123. The van der Waals surface area contributed by atoms with Crippen molar-refractivity contribution in [2.24, 2.45) is 11.8 Å². The van der Waals surface area contributed by atoms with Crippen LogP contribution in [0.5, 0.6) is 0 Å². The third-order valence-corrected chi connectivity index (χ3v) is 4.68. The molecule has 0 aromatic heterocycles. The molecular weight excluding hydrogens is 334 g/mol. The van der Waals surface area contributed by atoms with Crippen molar-refractivity contribution < 1.29 is 14.7 Å². The molecule has 0 spiro atoms. The molecule has 3 atom stereocenters. The van der Waals surface area contributed by atoms with Gasteiger partial charge < -0.3 is 10.4 Å². The van der Waals surface area contributed by atoms with Gasteiger partial charge in [-0.15, -0.1) is 0 Å². The predicted octanol–water partition coefficient (Wildman–Crippen LogP) is 3.52. The molecule has 0 aliphatic heterocycles. The van der Waals surface area contributed by atoms with Crippen molar-refractivity contribution in [2.75, 3.05) is 0 Å². The van der Waals surface area contributed by atoms with E-state index in [2.05, 4.69) is 21.2 Å². The third kappa shape index (κ3) is 4.06. The minimum atomic E-state index is -0.855. The van der Waals surface area contributed by atoms with Gasteiger partial charge in [-0.3, -0.25) is 9.59 Å². The summed E-state index contributed by atoms with van der Waals surface area (Å²) in [6.45, 7) is 1.92. The molecule has 0 bridgehead atoms. The highest BCUT2D eigenvalue weighted by atomic mass is 79.9. The van der Waals surface area contributed by atoms with Crippen LogP contribution in [0, 0.1) is 11.8 Å². The first kappa shape index (κ1) is 16.0. The molecule has 1 aromatic carbocycles. The average Bonchev–Trinajstić information content (AvgIpc) is 2.47. The Morgan fingerprint density at radius 1 is 1.19 bits per heavy atom. The highest BCUT2D eigenvalue weighted by molar-refractivity contribution is 9.10. The highest BCUT2D eigenvalue weighted by Gasteiger charge is 2.36. The number of nitrogens with one attached hydrogen (secondary N) is 1. The van der Waals surface area contributed by atoms with Crippen LogP contribution in [0.2, 0.25) is 0 Å². The number of aliphatic carboxylic acids is 1. The second kappa shape index (κ2) is 7.07. The molecule has 1 amide bonds. The molecule has 2 N–H and O–H groups in total. The fourth-order valence-corrected chi connectivity index (χ4v) is 3.16. The zero-order valence-electron chi connectivity index (χ0n) is 12.0. The van der Waals surface area contributed by atoms with E-state index in [0.717, 1.165) is 22.9 Å². The maximum absolute atomic E-state index is 12.4. The van der Waals surface area contributed by atoms with Crippen molar-refractivity contribution in [3.63, 3.8) is 0 Å². The van der Waals surface area contributed by atoms with E-state index in [1.807, 2.05) is 31.2 Å². The van der Waals surface area contributed by atoms with E-state index in [1.165, 1.54) is 0 Å². The Labute approximate surface area is 133 Å². The SMILES string of the molecule is C[C@@H](NC(=O)C1CCCCC1C(=O)O)c1ccc(Br)cc1. The molecule has 0 saturated heterocycles. The Kier molecular flexibility index (Phi) is 5.39. The van der Waals surface area contributed by atoms with Crippen LogP contribution in [-0.4, -0.2) is 17.0 Å². The van der Waals surface area contributed by atoms with Gasteiger partial charge in [-0.25, -0.2) is 0 Å². The zero-order valence-corrected chi connectivity index (χ0v) is 13.6. The second-order valence-corrected chi connectivity index (χ2v) is 6.53. The number of benzene rings is 1. The van der Waals surface area contributed by atoms with Crippen LogP contribution < -0.4 is 5.32 Å². The lowest BCUT2D eigenvalue weighted by molar-refractivity contribution is -0.149. The van der Waals surface area contributed by atoms with E-state index >= 15 is 0 Å². The maximum Gasteiger partial charge on any atom is 0.307 e. The number of amides is 1. The summed E-state index contributed by atoms with van der Waals surface area (Å²) in [6, 6.07) is 7.63. The maximum atomic E-state index is 12.4. The first-order chi connectivity index (χ1) is 9.99. The van der Waals surface area contributed by atoms with Gasteiger partial charge in [-0.2, -0.15) is 0 Å². The van der Waals surface area contributed by atoms with Crippen molar-refractivity contribution in [3.8, 4) is 0 Å². The number of carboxylic acids is 1. The molecule has 1 saturated carbocycles. The van der Waals surface area contributed by atoms with E-state index < -0.39 is 17.8 Å². The molecule has 0 radical (unpaired) electrons. The molecule has 0 heterocycles. The van der Waals surface area contributed by atoms with Crippen molar-refractivity contribution in [1.82, 2.24) is 5.32 Å². The number of hydrogen-bond donors (Lipinski definition) is 2. The third-order valence-electron chi connectivity index (χ3n) is 4.15. The summed E-state index contributed by atoms with van der Waals surface area (Å²) in [5.41, 5.74) is 1.01. The van der Waals surface area contributed by atoms with Crippen molar-refractivity contribution >= 4 is 27.8 Å². The van der Waals surface area contributed by atoms with E-state index in [0.29, 0.717) is 12.8 Å². The topological polar surface area (TPSA) is 66.4 Å². The molecule has 1 aliphatic carbocycles. The minimum Gasteiger partial charge on any atom is -0.481 e. The van der Waals surface area contributed by atoms with Crippen LogP contribution in [0.15, 0.2) is 28.7 Å². The van der Waals surface area contributed by atoms with Gasteiger partial charge in [0.15, 0.2) is 0 Å². The van der Waals surface area contributed by atoms with Crippen molar-refractivity contribution in [3.05, 3.63) is 34.3 Å². The summed E-state index contributed by atoms with van der Waals surface area (Å²) in [4.78, 5) is 23.7. The second-order valence-electron chi connectivity index (χ2n) is 5.62. The van der Waals surface area contributed by atoms with Gasteiger partial charge >= 0.3 is 5.97 Å². The Balaban J connectivity index is 2.02. The van der Waals surface area contributed by atoms with Gasteiger partial charge in [0.2, 0.25) is 5.91 Å². The standard InChI is InChI=1S/C16H20BrNO3/c1-10(11-6-8-12(17)9-7-11)18-15(19)13-4-2-3-5-14(13)16(20)21/h6-10,13-14H,2-5H2,1H3,(H,18,19)(H,20,21)/t10-,13?,14?/m1/s1. The highest BCUT2D eigenvalue weighted by Crippen LogP contribution is 2.31. The molecule has 2 unspecified atom stereocenters. The quantitative estimate of drug-likeness (QED) is 0.870. The Bertz CT molecular complexity index is 515. The summed E-state index contributed by atoms with van der Waals surface area (Å²) in [6.07, 6.45) is 3.08. The Morgan fingerprint density at radius 3 is 2.33 bits per heavy atom. The van der Waals surface area contributed by atoms with Gasteiger partial charge in [0.25, 0.3) is 0 Å². The Morgan fingerprint density at radius 2 is 1.76 bits per heavy atom. The van der Waals surface area contributed by atoms with Gasteiger partial charge in [-0.05, 0) is 37.5 Å². The van der Waals surface area contributed by atoms with Gasteiger partial charge in [-0.1, -0.05) is 40.9 Å². The lowest BCUT2D eigenvalue weighted by atomic mass is 9.78. The largest absolute Gasteiger partial charge is 0.481 e. The van der Waals surface area contributed by atoms with Crippen LogP contribution in [0.3, 0.4) is 0 Å². The molecule has 1 fully saturated rings. The van der Waals surface area contributed by atoms with E-state index in [4.69, 9.17) is 0 Å². The normalized spacial score (nSPS) is 23.3. The average molecular weight is 354 g/mol. The molecule has 21 heavy (non-hydrogen) atoms. The molecule has 4 nitrogen and oxygen atoms in total. The van der Waals surface area contributed by atoms with E-state index in [1.54, 1.807) is 0 Å². The van der Waals surface area contributed by atoms with Gasteiger partial charge in [0.05, 0.1) is 17.9 Å². The number of rotatable bonds is 4. The summed E-state index contributed by atoms with van der Waals surface area (Å²) >= 11 is 3.38. The van der Waals surface area contributed by atoms with Crippen LogP contribution in [-0.2, 0) is 9.59 Å². The fraction of sp³-hybridized carbons (Fsp3) is 0.500. The number of carboxylic acid groups (broad SMARTS) is 1. The first-order valence-electron chi connectivity index (χ1n) is 7.27. The molecule has 114 valence electrons. The summed E-state index contributed by atoms with van der Waals surface area (Å²) in [5.74, 6) is -1.95. The molecular formula is C16H20BrNO3. The van der Waals surface area contributed by atoms with Crippen LogP contribution in [0.4, 0.5) is 0 Å². The zero-order chi connectivity index (χ0) is 15.4. The molecule has 1 aliphatic rings. The summed E-state index contributed by atoms with van der Waals surface area (Å²) in [5, 5.41) is 12.2. The first-order valence-corrected chi connectivity index (χ1v) is 8.07. The van der Waals surface area contributed by atoms with Crippen molar-refractivity contribution in [2.45, 2.75) is 38.6 Å². The van der Waals surface area contributed by atoms with Gasteiger partial charge in [0.1, 0.15) is 0 Å². The lowest BCUT2D eigenvalue weighted by Crippen LogP contribution is -2.40. The summed E-state index contributed by atoms with van der Waals surface area (Å²) in [7, 11) is 0. The van der Waals surface area contributed by atoms with E-state index in [-0.39, 0.29) is 11.9 Å². The van der Waals surface area contributed by atoms with E-state index in [9.17, 15) is 14.7 Å². The fourth-order valence-electron chi connectivity index (χ4n) is 2.90. The van der Waals surface area contributed by atoms with Crippen LogP contribution in [0.1, 0.15) is 44.2 Å². The molecule has 2 rings (SSSR count). The molecule has 5 heteroatoms. The predicted molar refractivity (Wildman–Crippen MR) is 83.8 cm³/mol. The van der Waals surface area contributed by atoms with Crippen LogP contribution in [0.25, 0.3) is 0 Å². The number of hydrogen-bond acceptors (Lipinski definition) is 2. The number of halogens is 1. The summed E-state index contributed by atoms with van der Waals surface area (Å²) < 4.78 is 0.989. The van der Waals surface area contributed by atoms with Crippen molar-refractivity contribution in [1.29, 1.82) is 0 Å².